The molecule has 2 aromatic rings. The Bertz CT molecular complexity index is 1270. The number of hydrogen-bond acceptors (Lipinski definition) is 6. The Morgan fingerprint density at radius 3 is 2.38 bits per heavy atom. The molecule has 12 heteroatoms. The first kappa shape index (κ1) is 30.8. The Morgan fingerprint density at radius 2 is 1.74 bits per heavy atom. The molecule has 2 aromatic carbocycles. The van der Waals surface area contributed by atoms with Crippen LogP contribution in [0.2, 0.25) is 10.0 Å². The maximum Gasteiger partial charge on any atom is 0.244 e. The van der Waals surface area contributed by atoms with Gasteiger partial charge in [-0.1, -0.05) is 49.5 Å². The minimum Gasteiger partial charge on any atom is -0.486 e. The molecule has 39 heavy (non-hydrogen) atoms. The molecule has 0 radical (unpaired) electrons. The van der Waals surface area contributed by atoms with Crippen LogP contribution in [0.1, 0.15) is 45.6 Å². The van der Waals surface area contributed by atoms with Crippen molar-refractivity contribution in [3.05, 3.63) is 52.0 Å². The van der Waals surface area contributed by atoms with Crippen molar-refractivity contribution in [2.45, 2.75) is 52.6 Å². The standard InChI is InChI=1S/C27H35Cl2N3O6S/c1-4-7-12-30-27(34)23(5-2)31(17-19-8-9-20(28)15-22(19)29)26(33)18-32(39(35,36)6-3)21-10-11-24-25(16-21)38-14-13-37-24/h8-11,15-16,23H,4-7,12-14,17-18H2,1-3H3,(H,30,34)/t23-/m0/s1. The van der Waals surface area contributed by atoms with Gasteiger partial charge >= 0.3 is 0 Å². The van der Waals surface area contributed by atoms with Crippen molar-refractivity contribution < 1.29 is 27.5 Å². The van der Waals surface area contributed by atoms with E-state index in [-0.39, 0.29) is 23.9 Å². The van der Waals surface area contributed by atoms with Crippen molar-refractivity contribution in [3.8, 4) is 11.5 Å². The smallest absolute Gasteiger partial charge is 0.244 e. The third kappa shape index (κ3) is 7.93. The Morgan fingerprint density at radius 1 is 1.03 bits per heavy atom. The van der Waals surface area contributed by atoms with Crippen LogP contribution >= 0.6 is 23.2 Å². The van der Waals surface area contributed by atoms with E-state index in [1.165, 1.54) is 11.8 Å². The highest BCUT2D eigenvalue weighted by molar-refractivity contribution is 7.92. The molecule has 0 fully saturated rings. The van der Waals surface area contributed by atoms with Crippen LogP contribution in [0.5, 0.6) is 11.5 Å². The topological polar surface area (TPSA) is 105 Å². The van der Waals surface area contributed by atoms with Crippen molar-refractivity contribution >= 4 is 50.7 Å². The van der Waals surface area contributed by atoms with Gasteiger partial charge in [0.1, 0.15) is 25.8 Å². The fraction of sp³-hybridized carbons (Fsp3) is 0.481. The monoisotopic (exact) mass is 599 g/mol. The van der Waals surface area contributed by atoms with Crippen LogP contribution in [0.3, 0.4) is 0 Å². The molecule has 214 valence electrons. The number of sulfonamides is 1. The van der Waals surface area contributed by atoms with E-state index >= 15 is 0 Å². The number of carbonyl (C=O) groups is 2. The number of halogens is 2. The van der Waals surface area contributed by atoms with Gasteiger partial charge in [0.25, 0.3) is 0 Å². The summed E-state index contributed by atoms with van der Waals surface area (Å²) in [6.45, 7) is 6.00. The van der Waals surface area contributed by atoms with Gasteiger partial charge in [0.15, 0.2) is 11.5 Å². The molecule has 0 bridgehead atoms. The largest absolute Gasteiger partial charge is 0.486 e. The van der Waals surface area contributed by atoms with Gasteiger partial charge in [0.2, 0.25) is 21.8 Å². The molecule has 1 heterocycles. The molecule has 0 aliphatic carbocycles. The van der Waals surface area contributed by atoms with E-state index in [9.17, 15) is 18.0 Å². The molecule has 9 nitrogen and oxygen atoms in total. The lowest BCUT2D eigenvalue weighted by molar-refractivity contribution is -0.140. The number of hydrogen-bond donors (Lipinski definition) is 1. The second-order valence-corrected chi connectivity index (χ2v) is 12.1. The maximum absolute atomic E-state index is 13.9. The van der Waals surface area contributed by atoms with Crippen molar-refractivity contribution in [2.24, 2.45) is 0 Å². The summed E-state index contributed by atoms with van der Waals surface area (Å²) >= 11 is 12.5. The van der Waals surface area contributed by atoms with E-state index in [0.29, 0.717) is 53.3 Å². The Balaban J connectivity index is 1.98. The van der Waals surface area contributed by atoms with Gasteiger partial charge in [0.05, 0.1) is 11.4 Å². The number of anilines is 1. The van der Waals surface area contributed by atoms with Crippen LogP contribution in [-0.2, 0) is 26.2 Å². The molecule has 1 N–H and O–H groups in total. The quantitative estimate of drug-likeness (QED) is 0.336. The van der Waals surface area contributed by atoms with Crippen LogP contribution in [0, 0.1) is 0 Å². The number of fused-ring (bicyclic) bond motifs is 1. The van der Waals surface area contributed by atoms with Crippen LogP contribution in [0.25, 0.3) is 0 Å². The lowest BCUT2D eigenvalue weighted by Gasteiger charge is -2.33. The van der Waals surface area contributed by atoms with E-state index in [1.54, 1.807) is 43.3 Å². The van der Waals surface area contributed by atoms with Gasteiger partial charge in [-0.3, -0.25) is 13.9 Å². The predicted molar refractivity (Wildman–Crippen MR) is 153 cm³/mol. The predicted octanol–water partition coefficient (Wildman–Crippen LogP) is 4.64. The fourth-order valence-electron chi connectivity index (χ4n) is 4.17. The first-order valence-corrected chi connectivity index (χ1v) is 15.4. The van der Waals surface area contributed by atoms with Crippen LogP contribution in [0.15, 0.2) is 36.4 Å². The summed E-state index contributed by atoms with van der Waals surface area (Å²) in [6, 6.07) is 8.80. The zero-order chi connectivity index (χ0) is 28.6. The molecular formula is C27H35Cl2N3O6S. The second-order valence-electron chi connectivity index (χ2n) is 9.06. The van der Waals surface area contributed by atoms with Crippen molar-refractivity contribution in [1.82, 2.24) is 10.2 Å². The summed E-state index contributed by atoms with van der Waals surface area (Å²) in [4.78, 5) is 28.5. The minimum absolute atomic E-state index is 0.00427. The van der Waals surface area contributed by atoms with Crippen molar-refractivity contribution in [3.63, 3.8) is 0 Å². The van der Waals surface area contributed by atoms with E-state index in [0.717, 1.165) is 17.1 Å². The summed E-state index contributed by atoms with van der Waals surface area (Å²) in [5.41, 5.74) is 0.845. The van der Waals surface area contributed by atoms with Crippen LogP contribution < -0.4 is 19.1 Å². The summed E-state index contributed by atoms with van der Waals surface area (Å²) < 4.78 is 38.6. The molecule has 0 unspecified atom stereocenters. The number of nitrogens with one attached hydrogen (secondary N) is 1. The molecule has 1 aliphatic rings. The molecule has 0 spiro atoms. The van der Waals surface area contributed by atoms with Gasteiger partial charge in [-0.25, -0.2) is 8.42 Å². The number of carbonyl (C=O) groups excluding carboxylic acids is 2. The molecule has 2 amide bonds. The number of nitrogens with zero attached hydrogens (tertiary/aromatic N) is 2. The van der Waals surface area contributed by atoms with E-state index in [4.69, 9.17) is 32.7 Å². The number of unbranched alkanes of at least 4 members (excludes halogenated alkanes) is 1. The molecule has 1 aliphatic heterocycles. The van der Waals surface area contributed by atoms with Gasteiger partial charge in [-0.15, -0.1) is 0 Å². The SMILES string of the molecule is CCCCNC(=O)[C@H](CC)N(Cc1ccc(Cl)cc1Cl)C(=O)CN(c1ccc2c(c1)OCCO2)S(=O)(=O)CC. The Hall–Kier alpha value is -2.69. The van der Waals surface area contributed by atoms with Gasteiger partial charge in [-0.05, 0) is 49.6 Å². The highest BCUT2D eigenvalue weighted by Gasteiger charge is 2.33. The fourth-order valence-corrected chi connectivity index (χ4v) is 5.69. The van der Waals surface area contributed by atoms with Crippen LogP contribution in [-0.4, -0.2) is 63.2 Å². The number of ether oxygens (including phenoxy) is 2. The third-order valence-electron chi connectivity index (χ3n) is 6.36. The van der Waals surface area contributed by atoms with Gasteiger partial charge in [0, 0.05) is 29.2 Å². The van der Waals surface area contributed by atoms with Crippen LogP contribution in [0.4, 0.5) is 5.69 Å². The summed E-state index contributed by atoms with van der Waals surface area (Å²) in [5.74, 6) is -0.195. The molecule has 0 aromatic heterocycles. The van der Waals surface area contributed by atoms with Crippen molar-refractivity contribution in [1.29, 1.82) is 0 Å². The minimum atomic E-state index is -3.88. The highest BCUT2D eigenvalue weighted by Crippen LogP contribution is 2.35. The third-order valence-corrected chi connectivity index (χ3v) is 8.69. The average Bonchev–Trinajstić information content (AvgIpc) is 2.92. The first-order chi connectivity index (χ1) is 18.6. The lowest BCUT2D eigenvalue weighted by Crippen LogP contribution is -2.52. The summed E-state index contributed by atoms with van der Waals surface area (Å²) in [6.07, 6.45) is 2.02. The first-order valence-electron chi connectivity index (χ1n) is 13.0. The normalized spacial score (nSPS) is 13.5. The molecule has 0 saturated heterocycles. The number of benzene rings is 2. The Kier molecular flexibility index (Phi) is 11.1. The van der Waals surface area contributed by atoms with Crippen molar-refractivity contribution in [2.75, 3.05) is 36.4 Å². The molecule has 0 saturated carbocycles. The second kappa shape index (κ2) is 14.1. The van der Waals surface area contributed by atoms with Gasteiger partial charge < -0.3 is 19.7 Å². The molecular weight excluding hydrogens is 565 g/mol. The highest BCUT2D eigenvalue weighted by atomic mass is 35.5. The van der Waals surface area contributed by atoms with Gasteiger partial charge in [-0.2, -0.15) is 0 Å². The average molecular weight is 601 g/mol. The summed E-state index contributed by atoms with van der Waals surface area (Å²) in [7, 11) is -3.88. The number of rotatable bonds is 13. The lowest BCUT2D eigenvalue weighted by atomic mass is 10.1. The Labute approximate surface area is 240 Å². The zero-order valence-electron chi connectivity index (χ0n) is 22.4. The molecule has 3 rings (SSSR count). The van der Waals surface area contributed by atoms with E-state index in [2.05, 4.69) is 5.32 Å². The number of amides is 2. The zero-order valence-corrected chi connectivity index (χ0v) is 24.7. The van der Waals surface area contributed by atoms with E-state index < -0.39 is 28.5 Å². The maximum atomic E-state index is 13.9. The summed E-state index contributed by atoms with van der Waals surface area (Å²) in [5, 5.41) is 3.67. The van der Waals surface area contributed by atoms with E-state index in [1.807, 2.05) is 6.92 Å². The molecule has 1 atom stereocenters.